The molecule has 0 amide bonds. The molecule has 0 aromatic carbocycles. The molecule has 2 rings (SSSR count). The van der Waals surface area contributed by atoms with E-state index < -0.39 is 10.0 Å². The van der Waals surface area contributed by atoms with Crippen molar-refractivity contribution >= 4 is 43.1 Å². The Morgan fingerprint density at radius 1 is 1.61 bits per heavy atom. The highest BCUT2D eigenvalue weighted by Crippen LogP contribution is 2.21. The third-order valence-corrected chi connectivity index (χ3v) is 5.29. The predicted octanol–water partition coefficient (Wildman–Crippen LogP) is 1.30. The molecule has 0 radical (unpaired) electrons. The standard InChI is InChI=1S/C9H11BrN4O2S2/c1-14-4-8(9(11)13-14)18(15,16)12-3-7-2-6(10)5-17-7/h2,4-5,12H,3H2,1H3,(H2,11,13). The third-order valence-electron chi connectivity index (χ3n) is 2.17. The summed E-state index contributed by atoms with van der Waals surface area (Å²) in [6.45, 7) is 0.229. The van der Waals surface area contributed by atoms with Crippen molar-refractivity contribution < 1.29 is 8.42 Å². The van der Waals surface area contributed by atoms with E-state index in [0.717, 1.165) is 9.35 Å². The monoisotopic (exact) mass is 350 g/mol. The van der Waals surface area contributed by atoms with Crippen LogP contribution in [-0.2, 0) is 23.6 Å². The molecule has 98 valence electrons. The number of aromatic nitrogens is 2. The third kappa shape index (κ3) is 2.91. The van der Waals surface area contributed by atoms with Crippen molar-refractivity contribution in [1.82, 2.24) is 14.5 Å². The van der Waals surface area contributed by atoms with E-state index in [9.17, 15) is 8.42 Å². The maximum absolute atomic E-state index is 12.0. The topological polar surface area (TPSA) is 90.0 Å². The number of nitrogen functional groups attached to an aromatic ring is 1. The molecule has 0 bridgehead atoms. The number of nitrogens with one attached hydrogen (secondary N) is 1. The number of sulfonamides is 1. The number of thiophene rings is 1. The Balaban J connectivity index is 2.15. The number of aryl methyl sites for hydroxylation is 1. The lowest BCUT2D eigenvalue weighted by atomic mass is 10.5. The predicted molar refractivity (Wildman–Crippen MR) is 73.7 cm³/mol. The maximum Gasteiger partial charge on any atom is 0.246 e. The SMILES string of the molecule is Cn1cc(S(=O)(=O)NCc2cc(Br)cs2)c(N)n1. The molecule has 0 aliphatic heterocycles. The molecule has 0 aliphatic rings. The summed E-state index contributed by atoms with van der Waals surface area (Å²) in [6, 6.07) is 1.86. The summed E-state index contributed by atoms with van der Waals surface area (Å²) < 4.78 is 28.8. The Bertz CT molecular complexity index is 662. The van der Waals surface area contributed by atoms with Crippen LogP contribution in [0.3, 0.4) is 0 Å². The zero-order valence-corrected chi connectivity index (χ0v) is 12.6. The fraction of sp³-hybridized carbons (Fsp3) is 0.222. The van der Waals surface area contributed by atoms with Gasteiger partial charge in [-0.15, -0.1) is 11.3 Å². The van der Waals surface area contributed by atoms with Crippen LogP contribution in [0.2, 0.25) is 0 Å². The number of nitrogens with two attached hydrogens (primary N) is 1. The van der Waals surface area contributed by atoms with E-state index in [1.165, 1.54) is 22.2 Å². The van der Waals surface area contributed by atoms with E-state index in [-0.39, 0.29) is 17.3 Å². The maximum atomic E-state index is 12.0. The van der Waals surface area contributed by atoms with Gasteiger partial charge in [-0.25, -0.2) is 13.1 Å². The molecule has 18 heavy (non-hydrogen) atoms. The molecule has 0 saturated carbocycles. The van der Waals surface area contributed by atoms with Gasteiger partial charge >= 0.3 is 0 Å². The lowest BCUT2D eigenvalue weighted by molar-refractivity contribution is 0.582. The molecular formula is C9H11BrN4O2S2. The number of halogens is 1. The van der Waals surface area contributed by atoms with Gasteiger partial charge in [0, 0.05) is 34.5 Å². The molecular weight excluding hydrogens is 340 g/mol. The van der Waals surface area contributed by atoms with Crippen LogP contribution in [0.15, 0.2) is 27.0 Å². The fourth-order valence-electron chi connectivity index (χ4n) is 1.38. The summed E-state index contributed by atoms with van der Waals surface area (Å²) in [5.41, 5.74) is 5.54. The molecule has 2 heterocycles. The second-order valence-corrected chi connectivity index (χ2v) is 7.25. The molecule has 0 saturated heterocycles. The number of hydrogen-bond acceptors (Lipinski definition) is 5. The summed E-state index contributed by atoms with van der Waals surface area (Å²) in [4.78, 5) is 0.911. The quantitative estimate of drug-likeness (QED) is 0.869. The van der Waals surface area contributed by atoms with Gasteiger partial charge in [0.15, 0.2) is 5.82 Å². The van der Waals surface area contributed by atoms with Crippen molar-refractivity contribution in [3.05, 3.63) is 27.0 Å². The first-order valence-corrected chi connectivity index (χ1v) is 8.06. The molecule has 0 atom stereocenters. The van der Waals surface area contributed by atoms with E-state index >= 15 is 0 Å². The van der Waals surface area contributed by atoms with Crippen molar-refractivity contribution in [1.29, 1.82) is 0 Å². The Morgan fingerprint density at radius 2 is 2.33 bits per heavy atom. The summed E-state index contributed by atoms with van der Waals surface area (Å²) in [6.07, 6.45) is 1.38. The zero-order chi connectivity index (χ0) is 13.3. The minimum atomic E-state index is -3.63. The molecule has 2 aromatic heterocycles. The normalized spacial score (nSPS) is 11.9. The zero-order valence-electron chi connectivity index (χ0n) is 9.42. The summed E-state index contributed by atoms with van der Waals surface area (Å²) in [7, 11) is -2.01. The fourth-order valence-corrected chi connectivity index (χ4v) is 3.97. The van der Waals surface area contributed by atoms with Crippen LogP contribution in [0.25, 0.3) is 0 Å². The Hall–Kier alpha value is -0.900. The second-order valence-electron chi connectivity index (χ2n) is 3.61. The van der Waals surface area contributed by atoms with E-state index in [2.05, 4.69) is 25.8 Å². The van der Waals surface area contributed by atoms with Gasteiger partial charge in [0.25, 0.3) is 0 Å². The van der Waals surface area contributed by atoms with E-state index in [1.54, 1.807) is 7.05 Å². The van der Waals surface area contributed by atoms with E-state index in [0.29, 0.717) is 0 Å². The van der Waals surface area contributed by atoms with Gasteiger partial charge in [-0.05, 0) is 22.0 Å². The van der Waals surface area contributed by atoms with Crippen LogP contribution in [0.1, 0.15) is 4.88 Å². The number of anilines is 1. The van der Waals surface area contributed by atoms with Crippen LogP contribution >= 0.6 is 27.3 Å². The summed E-state index contributed by atoms with van der Waals surface area (Å²) in [5.74, 6) is -0.00244. The molecule has 0 fully saturated rings. The van der Waals surface area contributed by atoms with Crippen molar-refractivity contribution in [3.63, 3.8) is 0 Å². The summed E-state index contributed by atoms with van der Waals surface area (Å²) in [5, 5.41) is 5.70. The van der Waals surface area contributed by atoms with Gasteiger partial charge in [0.05, 0.1) is 0 Å². The first-order chi connectivity index (χ1) is 8.38. The molecule has 0 aliphatic carbocycles. The highest BCUT2D eigenvalue weighted by atomic mass is 79.9. The lowest BCUT2D eigenvalue weighted by Gasteiger charge is -2.03. The second kappa shape index (κ2) is 5.00. The van der Waals surface area contributed by atoms with Gasteiger partial charge < -0.3 is 5.73 Å². The molecule has 9 heteroatoms. The van der Waals surface area contributed by atoms with Gasteiger partial charge in [-0.3, -0.25) is 4.68 Å². The largest absolute Gasteiger partial charge is 0.381 e. The van der Waals surface area contributed by atoms with Crippen molar-refractivity contribution in [2.45, 2.75) is 11.4 Å². The minimum absolute atomic E-state index is 0.000576. The average molecular weight is 351 g/mol. The Kier molecular flexibility index (Phi) is 3.76. The molecule has 0 spiro atoms. The first kappa shape index (κ1) is 13.5. The van der Waals surface area contributed by atoms with Crippen molar-refractivity contribution in [2.75, 3.05) is 5.73 Å². The Morgan fingerprint density at radius 3 is 2.83 bits per heavy atom. The minimum Gasteiger partial charge on any atom is -0.381 e. The molecule has 3 N–H and O–H groups in total. The van der Waals surface area contributed by atoms with Crippen molar-refractivity contribution in [2.24, 2.45) is 7.05 Å². The highest BCUT2D eigenvalue weighted by molar-refractivity contribution is 9.10. The van der Waals surface area contributed by atoms with Gasteiger partial charge in [-0.2, -0.15) is 5.10 Å². The molecule has 2 aromatic rings. The number of nitrogens with zero attached hydrogens (tertiary/aromatic N) is 2. The molecule has 6 nitrogen and oxygen atoms in total. The smallest absolute Gasteiger partial charge is 0.246 e. The van der Waals surface area contributed by atoms with E-state index in [1.807, 2.05) is 11.4 Å². The van der Waals surface area contributed by atoms with Crippen LogP contribution < -0.4 is 10.5 Å². The van der Waals surface area contributed by atoms with E-state index in [4.69, 9.17) is 5.73 Å². The van der Waals surface area contributed by atoms with Crippen LogP contribution in [0, 0.1) is 0 Å². The highest BCUT2D eigenvalue weighted by Gasteiger charge is 2.20. The van der Waals surface area contributed by atoms with Crippen LogP contribution in [-0.4, -0.2) is 18.2 Å². The summed E-state index contributed by atoms with van der Waals surface area (Å²) >= 11 is 4.78. The average Bonchev–Trinajstić information content (AvgIpc) is 2.82. The van der Waals surface area contributed by atoms with Gasteiger partial charge in [0.1, 0.15) is 4.90 Å². The van der Waals surface area contributed by atoms with Crippen LogP contribution in [0.4, 0.5) is 5.82 Å². The lowest BCUT2D eigenvalue weighted by Crippen LogP contribution is -2.23. The van der Waals surface area contributed by atoms with Gasteiger partial charge in [-0.1, -0.05) is 0 Å². The number of rotatable bonds is 4. The first-order valence-electron chi connectivity index (χ1n) is 4.90. The van der Waals surface area contributed by atoms with Crippen LogP contribution in [0.5, 0.6) is 0 Å². The van der Waals surface area contributed by atoms with Gasteiger partial charge in [0.2, 0.25) is 10.0 Å². The molecule has 0 unspecified atom stereocenters. The Labute approximate surface area is 117 Å². The number of hydrogen-bond donors (Lipinski definition) is 2. The van der Waals surface area contributed by atoms with Crippen molar-refractivity contribution in [3.8, 4) is 0 Å².